The molecule has 2 amide bonds. The molecular formula is C23H33N5O2S. The first-order chi connectivity index (χ1) is 15.0. The Labute approximate surface area is 188 Å². The van der Waals surface area contributed by atoms with Crippen LogP contribution >= 0.6 is 11.3 Å². The first kappa shape index (κ1) is 19.9. The summed E-state index contributed by atoms with van der Waals surface area (Å²) in [5, 5.41) is 13.5. The van der Waals surface area contributed by atoms with Gasteiger partial charge in [-0.1, -0.05) is 11.3 Å². The number of nitrogens with zero attached hydrogens (tertiary/aromatic N) is 4. The van der Waals surface area contributed by atoms with Crippen molar-refractivity contribution in [2.45, 2.75) is 83.2 Å². The van der Waals surface area contributed by atoms with E-state index in [1.807, 2.05) is 0 Å². The molecule has 1 aromatic heterocycles. The van der Waals surface area contributed by atoms with Gasteiger partial charge in [-0.2, -0.15) is 0 Å². The molecule has 0 aromatic carbocycles. The van der Waals surface area contributed by atoms with Crippen molar-refractivity contribution in [1.82, 2.24) is 15.5 Å². The van der Waals surface area contributed by atoms with Gasteiger partial charge in [0.2, 0.25) is 22.1 Å². The van der Waals surface area contributed by atoms with Crippen LogP contribution in [-0.2, 0) is 9.59 Å². The zero-order valence-electron chi connectivity index (χ0n) is 18.4. The molecule has 8 heteroatoms. The van der Waals surface area contributed by atoms with Crippen molar-refractivity contribution < 1.29 is 9.59 Å². The molecule has 4 saturated carbocycles. The maximum atomic E-state index is 13.4. The van der Waals surface area contributed by atoms with Crippen LogP contribution in [0, 0.1) is 23.2 Å². The van der Waals surface area contributed by atoms with E-state index in [4.69, 9.17) is 0 Å². The molecule has 7 nitrogen and oxygen atoms in total. The van der Waals surface area contributed by atoms with Gasteiger partial charge in [-0.05, 0) is 87.9 Å². The number of carbonyl (C=O) groups excluding carboxylic acids is 2. The molecule has 6 fully saturated rings. The summed E-state index contributed by atoms with van der Waals surface area (Å²) in [6.45, 7) is 3.80. The highest BCUT2D eigenvalue weighted by atomic mass is 32.1. The van der Waals surface area contributed by atoms with Crippen molar-refractivity contribution in [2.75, 3.05) is 22.9 Å². The van der Waals surface area contributed by atoms with Gasteiger partial charge in [0.15, 0.2) is 0 Å². The highest BCUT2D eigenvalue weighted by Gasteiger charge is 2.53. The highest BCUT2D eigenvalue weighted by Crippen LogP contribution is 2.61. The third kappa shape index (κ3) is 3.36. The number of rotatable bonds is 5. The van der Waals surface area contributed by atoms with Crippen LogP contribution in [0.4, 0.5) is 10.3 Å². The zero-order chi connectivity index (χ0) is 21.2. The summed E-state index contributed by atoms with van der Waals surface area (Å²) in [5.41, 5.74) is 0.319. The van der Waals surface area contributed by atoms with Gasteiger partial charge in [0, 0.05) is 25.6 Å². The molecule has 3 heterocycles. The molecule has 0 spiro atoms. The van der Waals surface area contributed by atoms with Gasteiger partial charge in [0.05, 0.1) is 0 Å². The molecule has 6 aliphatic rings. The van der Waals surface area contributed by atoms with E-state index in [0.29, 0.717) is 17.0 Å². The zero-order valence-corrected chi connectivity index (χ0v) is 19.2. The molecule has 0 radical (unpaired) electrons. The lowest BCUT2D eigenvalue weighted by atomic mass is 9.48. The van der Waals surface area contributed by atoms with Crippen LogP contribution in [0.3, 0.4) is 0 Å². The third-order valence-electron chi connectivity index (χ3n) is 8.87. The van der Waals surface area contributed by atoms with Crippen LogP contribution in [0.5, 0.6) is 0 Å². The first-order valence-electron chi connectivity index (χ1n) is 12.2. The average molecular weight is 444 g/mol. The molecule has 4 aliphatic carbocycles. The van der Waals surface area contributed by atoms with Crippen LogP contribution in [0.1, 0.15) is 71.1 Å². The van der Waals surface area contributed by atoms with E-state index >= 15 is 0 Å². The van der Waals surface area contributed by atoms with Crippen molar-refractivity contribution in [3.63, 3.8) is 0 Å². The Kier molecular flexibility index (Phi) is 4.78. The summed E-state index contributed by atoms with van der Waals surface area (Å²) >= 11 is 1.45. The van der Waals surface area contributed by atoms with Crippen LogP contribution in [-0.4, -0.2) is 47.2 Å². The van der Waals surface area contributed by atoms with Gasteiger partial charge in [0.25, 0.3) is 0 Å². The van der Waals surface area contributed by atoms with Crippen molar-refractivity contribution in [3.8, 4) is 0 Å². The SMILES string of the molecule is C[C@H](NC(=O)[C@@H]1CCCN1c1nnc(N2CCCC2=O)s1)C12CC3CC(CC(C3)C1)C2. The number of anilines is 2. The first-order valence-corrected chi connectivity index (χ1v) is 13.0. The molecule has 1 N–H and O–H groups in total. The van der Waals surface area contributed by atoms with Crippen LogP contribution < -0.4 is 15.1 Å². The van der Waals surface area contributed by atoms with Gasteiger partial charge in [-0.15, -0.1) is 10.2 Å². The topological polar surface area (TPSA) is 78.4 Å². The van der Waals surface area contributed by atoms with E-state index in [1.165, 1.54) is 49.9 Å². The number of hydrogen-bond donors (Lipinski definition) is 1. The minimum absolute atomic E-state index is 0.128. The molecule has 168 valence electrons. The lowest BCUT2D eigenvalue weighted by Gasteiger charge is -2.59. The second kappa shape index (κ2) is 7.42. The lowest BCUT2D eigenvalue weighted by molar-refractivity contribution is -0.127. The Bertz CT molecular complexity index is 850. The fraction of sp³-hybridized carbons (Fsp3) is 0.826. The predicted molar refractivity (Wildman–Crippen MR) is 120 cm³/mol. The smallest absolute Gasteiger partial charge is 0.243 e. The standard InChI is InChI=1S/C23H33N5O2S/c1-14(23-11-15-8-16(12-23)10-17(9-15)13-23)24-20(30)18-4-2-6-27(18)21-25-26-22(31-21)28-7-3-5-19(28)29/h14-18H,2-13H2,1H3,(H,24,30)/t14-,15?,16?,17?,18-,23?/m0/s1. The molecule has 2 atom stereocenters. The molecule has 31 heavy (non-hydrogen) atoms. The average Bonchev–Trinajstić information content (AvgIpc) is 3.46. The summed E-state index contributed by atoms with van der Waals surface area (Å²) in [6.07, 6.45) is 11.5. The minimum atomic E-state index is -0.175. The maximum Gasteiger partial charge on any atom is 0.243 e. The summed E-state index contributed by atoms with van der Waals surface area (Å²) in [5.74, 6) is 2.95. The summed E-state index contributed by atoms with van der Waals surface area (Å²) in [4.78, 5) is 29.3. The lowest BCUT2D eigenvalue weighted by Crippen LogP contribution is -2.57. The Morgan fingerprint density at radius 3 is 2.39 bits per heavy atom. The summed E-state index contributed by atoms with van der Waals surface area (Å²) in [7, 11) is 0. The monoisotopic (exact) mass is 443 g/mol. The number of nitrogens with one attached hydrogen (secondary N) is 1. The number of aromatic nitrogens is 2. The van der Waals surface area contributed by atoms with Crippen molar-refractivity contribution in [3.05, 3.63) is 0 Å². The van der Waals surface area contributed by atoms with Gasteiger partial charge in [-0.25, -0.2) is 0 Å². The van der Waals surface area contributed by atoms with E-state index in [-0.39, 0.29) is 23.9 Å². The van der Waals surface area contributed by atoms with E-state index in [1.54, 1.807) is 4.90 Å². The van der Waals surface area contributed by atoms with Crippen LogP contribution in [0.2, 0.25) is 0 Å². The number of carbonyl (C=O) groups is 2. The molecule has 1 aromatic rings. The van der Waals surface area contributed by atoms with E-state index < -0.39 is 0 Å². The Morgan fingerprint density at radius 1 is 1.06 bits per heavy atom. The predicted octanol–water partition coefficient (Wildman–Crippen LogP) is 3.35. The Balaban J connectivity index is 1.15. The Morgan fingerprint density at radius 2 is 1.74 bits per heavy atom. The molecule has 2 saturated heterocycles. The molecular weight excluding hydrogens is 410 g/mol. The van der Waals surface area contributed by atoms with E-state index in [0.717, 1.165) is 55.2 Å². The fourth-order valence-corrected chi connectivity index (χ4v) is 8.69. The molecule has 7 rings (SSSR count). The largest absolute Gasteiger partial charge is 0.351 e. The minimum Gasteiger partial charge on any atom is -0.351 e. The van der Waals surface area contributed by atoms with Crippen LogP contribution in [0.25, 0.3) is 0 Å². The van der Waals surface area contributed by atoms with Crippen molar-refractivity contribution in [1.29, 1.82) is 0 Å². The van der Waals surface area contributed by atoms with Crippen LogP contribution in [0.15, 0.2) is 0 Å². The molecule has 4 bridgehead atoms. The molecule has 0 unspecified atom stereocenters. The second-order valence-corrected chi connectivity index (χ2v) is 11.8. The fourth-order valence-electron chi connectivity index (χ4n) is 7.72. The van der Waals surface area contributed by atoms with Gasteiger partial charge in [0.1, 0.15) is 6.04 Å². The maximum absolute atomic E-state index is 13.4. The second-order valence-electron chi connectivity index (χ2n) is 10.9. The van der Waals surface area contributed by atoms with E-state index in [9.17, 15) is 9.59 Å². The summed E-state index contributed by atoms with van der Waals surface area (Å²) < 4.78 is 0. The van der Waals surface area contributed by atoms with Gasteiger partial charge < -0.3 is 10.2 Å². The third-order valence-corrected chi connectivity index (χ3v) is 9.86. The quantitative estimate of drug-likeness (QED) is 0.755. The molecule has 2 aliphatic heterocycles. The van der Waals surface area contributed by atoms with Gasteiger partial charge in [-0.3, -0.25) is 14.5 Å². The summed E-state index contributed by atoms with van der Waals surface area (Å²) in [6, 6.07) is 0.0643. The highest BCUT2D eigenvalue weighted by molar-refractivity contribution is 7.19. The number of hydrogen-bond acceptors (Lipinski definition) is 6. The van der Waals surface area contributed by atoms with Crippen molar-refractivity contribution >= 4 is 33.4 Å². The normalized spacial score (nSPS) is 37.6. The Hall–Kier alpha value is -1.70. The van der Waals surface area contributed by atoms with Gasteiger partial charge >= 0.3 is 0 Å². The van der Waals surface area contributed by atoms with Crippen molar-refractivity contribution in [2.24, 2.45) is 23.2 Å². The van der Waals surface area contributed by atoms with E-state index in [2.05, 4.69) is 27.3 Å². The number of amides is 2.